The van der Waals surface area contributed by atoms with Crippen LogP contribution in [0.1, 0.15) is 28.3 Å². The first-order valence-corrected chi connectivity index (χ1v) is 11.6. The van der Waals surface area contributed by atoms with Crippen LogP contribution in [-0.4, -0.2) is 50.1 Å². The quantitative estimate of drug-likeness (QED) is 0.465. The van der Waals surface area contributed by atoms with Gasteiger partial charge in [-0.05, 0) is 59.4 Å². The number of likely N-dealkylation sites (N-methyl/N-ethyl adjacent to an activating group) is 1. The van der Waals surface area contributed by atoms with Crippen LogP contribution in [-0.2, 0) is 24.2 Å². The number of amides is 1. The van der Waals surface area contributed by atoms with Crippen LogP contribution in [0.5, 0.6) is 11.5 Å². The first-order chi connectivity index (χ1) is 16.9. The summed E-state index contributed by atoms with van der Waals surface area (Å²) in [5.74, 6) is -0.524. The number of hydrogen-bond donors (Lipinski definition) is 0. The molecule has 0 spiro atoms. The average molecular weight is 481 g/mol. The highest BCUT2D eigenvalue weighted by atomic mass is 19.2. The summed E-state index contributed by atoms with van der Waals surface area (Å²) in [4.78, 5) is 17.0. The van der Waals surface area contributed by atoms with E-state index < -0.39 is 11.6 Å². The van der Waals surface area contributed by atoms with Crippen LogP contribution in [0, 0.1) is 11.6 Å². The Kier molecular flexibility index (Phi) is 7.66. The molecule has 3 aromatic carbocycles. The number of hydrogen-bond acceptors (Lipinski definition) is 4. The Morgan fingerprint density at radius 1 is 0.971 bits per heavy atom. The van der Waals surface area contributed by atoms with Crippen LogP contribution in [0.25, 0.3) is 0 Å². The van der Waals surface area contributed by atoms with Crippen LogP contribution < -0.4 is 9.47 Å². The van der Waals surface area contributed by atoms with Crippen molar-refractivity contribution in [3.05, 3.63) is 94.6 Å². The molecule has 35 heavy (non-hydrogen) atoms. The summed E-state index contributed by atoms with van der Waals surface area (Å²) >= 11 is 0. The van der Waals surface area contributed by atoms with Gasteiger partial charge in [0.25, 0.3) is 0 Å². The highest BCUT2D eigenvalue weighted by Gasteiger charge is 2.31. The van der Waals surface area contributed by atoms with Crippen molar-refractivity contribution in [3.8, 4) is 11.5 Å². The van der Waals surface area contributed by atoms with Gasteiger partial charge in [-0.15, -0.1) is 0 Å². The van der Waals surface area contributed by atoms with E-state index in [-0.39, 0.29) is 18.5 Å². The predicted molar refractivity (Wildman–Crippen MR) is 131 cm³/mol. The molecule has 4 rings (SSSR count). The minimum atomic E-state index is -0.879. The fourth-order valence-electron chi connectivity index (χ4n) is 4.64. The van der Waals surface area contributed by atoms with Gasteiger partial charge in [-0.25, -0.2) is 8.78 Å². The molecule has 1 atom stereocenters. The topological polar surface area (TPSA) is 42.0 Å². The van der Waals surface area contributed by atoms with Gasteiger partial charge < -0.3 is 14.4 Å². The summed E-state index contributed by atoms with van der Waals surface area (Å²) in [7, 11) is 4.97. The monoisotopic (exact) mass is 480 g/mol. The zero-order valence-electron chi connectivity index (χ0n) is 20.3. The zero-order chi connectivity index (χ0) is 24.9. The number of halogens is 2. The Hall–Kier alpha value is -3.45. The Labute approximate surface area is 204 Å². The largest absolute Gasteiger partial charge is 0.493 e. The van der Waals surface area contributed by atoms with Crippen molar-refractivity contribution < 1.29 is 23.0 Å². The van der Waals surface area contributed by atoms with E-state index in [1.54, 1.807) is 32.2 Å². The van der Waals surface area contributed by atoms with Gasteiger partial charge in [0.2, 0.25) is 5.91 Å². The molecule has 0 aliphatic carbocycles. The Bertz CT molecular complexity index is 1190. The summed E-state index contributed by atoms with van der Waals surface area (Å²) in [5.41, 5.74) is 3.81. The standard InChI is InChI=1S/C28H30F2N2O3/c1-31(17-19-7-5-4-6-8-19)28(33)18-32-12-11-21-15-26(34-2)27(35-3)16-22(21)25(32)14-20-9-10-23(29)24(30)13-20/h4-10,13,15-16,25H,11-12,14,17-18H2,1-3H3. The molecule has 0 saturated heterocycles. The number of fused-ring (bicyclic) bond motifs is 1. The van der Waals surface area contributed by atoms with Crippen molar-refractivity contribution in [2.45, 2.75) is 25.4 Å². The minimum absolute atomic E-state index is 0.00642. The fourth-order valence-corrected chi connectivity index (χ4v) is 4.64. The normalized spacial score (nSPS) is 15.4. The van der Waals surface area contributed by atoms with Crippen molar-refractivity contribution in [1.29, 1.82) is 0 Å². The first kappa shape index (κ1) is 24.7. The van der Waals surface area contributed by atoms with E-state index in [9.17, 15) is 13.6 Å². The van der Waals surface area contributed by atoms with Crippen LogP contribution in [0.4, 0.5) is 8.78 Å². The van der Waals surface area contributed by atoms with E-state index >= 15 is 0 Å². The number of carbonyl (C=O) groups excluding carboxylic acids is 1. The number of methoxy groups -OCH3 is 2. The summed E-state index contributed by atoms with van der Waals surface area (Å²) in [6, 6.07) is 17.5. The molecule has 3 aromatic rings. The third kappa shape index (κ3) is 5.62. The molecule has 1 heterocycles. The van der Waals surface area contributed by atoms with E-state index in [1.807, 2.05) is 42.5 Å². The number of ether oxygens (including phenoxy) is 2. The van der Waals surface area contributed by atoms with Gasteiger partial charge in [-0.3, -0.25) is 9.69 Å². The molecule has 0 saturated carbocycles. The summed E-state index contributed by atoms with van der Waals surface area (Å²) in [6.45, 7) is 1.39. The lowest BCUT2D eigenvalue weighted by Crippen LogP contribution is -2.43. The Balaban J connectivity index is 1.62. The maximum atomic E-state index is 14.0. The highest BCUT2D eigenvalue weighted by molar-refractivity contribution is 5.78. The van der Waals surface area contributed by atoms with Gasteiger partial charge in [0.05, 0.1) is 20.8 Å². The van der Waals surface area contributed by atoms with Gasteiger partial charge >= 0.3 is 0 Å². The smallest absolute Gasteiger partial charge is 0.236 e. The number of carbonyl (C=O) groups is 1. The third-order valence-corrected chi connectivity index (χ3v) is 6.55. The average Bonchev–Trinajstić information content (AvgIpc) is 2.87. The predicted octanol–water partition coefficient (Wildman–Crippen LogP) is 4.78. The third-order valence-electron chi connectivity index (χ3n) is 6.55. The van der Waals surface area contributed by atoms with Crippen molar-refractivity contribution in [3.63, 3.8) is 0 Å². The van der Waals surface area contributed by atoms with Crippen molar-refractivity contribution in [2.24, 2.45) is 0 Å². The molecule has 0 aromatic heterocycles. The number of rotatable bonds is 8. The SMILES string of the molecule is COc1cc2c(cc1OC)C(Cc1ccc(F)c(F)c1)N(CC(=O)N(C)Cc1ccccc1)CC2. The molecule has 1 unspecified atom stereocenters. The molecule has 184 valence electrons. The second kappa shape index (κ2) is 10.9. The summed E-state index contributed by atoms with van der Waals surface area (Å²) < 4.78 is 38.5. The van der Waals surface area contributed by atoms with E-state index in [4.69, 9.17) is 9.47 Å². The lowest BCUT2D eigenvalue weighted by Gasteiger charge is -2.38. The first-order valence-electron chi connectivity index (χ1n) is 11.6. The molecule has 1 aliphatic heterocycles. The van der Waals surface area contributed by atoms with Crippen LogP contribution >= 0.6 is 0 Å². The Morgan fingerprint density at radius 3 is 2.37 bits per heavy atom. The lowest BCUT2D eigenvalue weighted by atomic mass is 9.88. The number of nitrogens with zero attached hydrogens (tertiary/aromatic N) is 2. The van der Waals surface area contributed by atoms with E-state index in [0.717, 1.165) is 29.2 Å². The van der Waals surface area contributed by atoms with Gasteiger partial charge in [0, 0.05) is 26.2 Å². The van der Waals surface area contributed by atoms with Crippen molar-refractivity contribution in [1.82, 2.24) is 9.80 Å². The highest BCUT2D eigenvalue weighted by Crippen LogP contribution is 2.39. The van der Waals surface area contributed by atoms with E-state index in [1.165, 1.54) is 6.07 Å². The lowest BCUT2D eigenvalue weighted by molar-refractivity contribution is -0.132. The molecule has 1 amide bonds. The molecule has 5 nitrogen and oxygen atoms in total. The van der Waals surface area contributed by atoms with Crippen LogP contribution in [0.2, 0.25) is 0 Å². The molecule has 1 aliphatic rings. The van der Waals surface area contributed by atoms with Crippen LogP contribution in [0.15, 0.2) is 60.7 Å². The summed E-state index contributed by atoms with van der Waals surface area (Å²) in [6.07, 6.45) is 1.16. The second-order valence-corrected chi connectivity index (χ2v) is 8.83. The fraction of sp³-hybridized carbons (Fsp3) is 0.321. The van der Waals surface area contributed by atoms with Gasteiger partial charge in [0.15, 0.2) is 23.1 Å². The van der Waals surface area contributed by atoms with Crippen molar-refractivity contribution in [2.75, 3.05) is 34.4 Å². The van der Waals surface area contributed by atoms with Crippen LogP contribution in [0.3, 0.4) is 0 Å². The minimum Gasteiger partial charge on any atom is -0.493 e. The van der Waals surface area contributed by atoms with Crippen molar-refractivity contribution >= 4 is 5.91 Å². The molecule has 0 bridgehead atoms. The van der Waals surface area contributed by atoms with Gasteiger partial charge in [-0.2, -0.15) is 0 Å². The van der Waals surface area contributed by atoms with E-state index in [2.05, 4.69) is 4.90 Å². The number of benzene rings is 3. The second-order valence-electron chi connectivity index (χ2n) is 8.83. The Morgan fingerprint density at radius 2 is 1.69 bits per heavy atom. The maximum Gasteiger partial charge on any atom is 0.236 e. The van der Waals surface area contributed by atoms with E-state index in [0.29, 0.717) is 36.6 Å². The molecule has 7 heteroatoms. The zero-order valence-corrected chi connectivity index (χ0v) is 20.3. The molecular formula is C28H30F2N2O3. The summed E-state index contributed by atoms with van der Waals surface area (Å²) in [5, 5.41) is 0. The molecular weight excluding hydrogens is 450 g/mol. The maximum absolute atomic E-state index is 14.0. The molecule has 0 radical (unpaired) electrons. The van der Waals surface area contributed by atoms with Gasteiger partial charge in [0.1, 0.15) is 0 Å². The molecule has 0 fully saturated rings. The van der Waals surface area contributed by atoms with Gasteiger partial charge in [-0.1, -0.05) is 36.4 Å². The molecule has 0 N–H and O–H groups in total.